The molecular weight excluding hydrogens is 138 g/mol. The first-order chi connectivity index (χ1) is 4.33. The molecule has 0 aromatic carbocycles. The van der Waals surface area contributed by atoms with Crippen molar-refractivity contribution < 1.29 is 4.84 Å². The summed E-state index contributed by atoms with van der Waals surface area (Å²) in [4.78, 5) is 4.60. The zero-order valence-corrected chi connectivity index (χ0v) is 6.03. The van der Waals surface area contributed by atoms with E-state index in [1.54, 1.807) is 0 Å². The Morgan fingerprint density at radius 1 is 1.56 bits per heavy atom. The molecule has 0 radical (unpaired) electrons. The maximum absolute atomic E-state index is 4.60. The Hall–Kier alpha value is -0.680. The van der Waals surface area contributed by atoms with Crippen LogP contribution >= 0.6 is 11.3 Å². The van der Waals surface area contributed by atoms with Gasteiger partial charge in [0.1, 0.15) is 5.01 Å². The summed E-state index contributed by atoms with van der Waals surface area (Å²) in [6, 6.07) is 0. The zero-order chi connectivity index (χ0) is 6.69. The van der Waals surface area contributed by atoms with Crippen LogP contribution in [-0.4, -0.2) is 17.3 Å². The third-order valence-corrected chi connectivity index (χ3v) is 1.45. The molecule has 1 aromatic rings. The minimum atomic E-state index is 0.690. The number of aryl methyl sites for hydroxylation is 1. The van der Waals surface area contributed by atoms with Gasteiger partial charge >= 0.3 is 0 Å². The van der Waals surface area contributed by atoms with E-state index in [-0.39, 0.29) is 0 Å². The van der Waals surface area contributed by atoms with Crippen LogP contribution in [0.15, 0.2) is 0 Å². The Labute approximate surface area is 56.8 Å². The number of hydrogen-bond acceptors (Lipinski definition) is 5. The predicted molar refractivity (Wildman–Crippen MR) is 35.3 cm³/mol. The normalized spacial score (nSPS) is 9.56. The molecule has 0 aliphatic rings. The van der Waals surface area contributed by atoms with E-state index >= 15 is 0 Å². The van der Waals surface area contributed by atoms with Crippen LogP contribution in [0.1, 0.15) is 5.01 Å². The molecule has 9 heavy (non-hydrogen) atoms. The highest BCUT2D eigenvalue weighted by Gasteiger charge is 1.95. The highest BCUT2D eigenvalue weighted by Crippen LogP contribution is 2.12. The van der Waals surface area contributed by atoms with E-state index in [1.165, 1.54) is 18.4 Å². The number of rotatable bonds is 2. The third kappa shape index (κ3) is 1.62. The number of nitrogens with zero attached hydrogens (tertiary/aromatic N) is 2. The van der Waals surface area contributed by atoms with E-state index in [4.69, 9.17) is 0 Å². The van der Waals surface area contributed by atoms with Gasteiger partial charge in [-0.25, -0.2) is 5.48 Å². The van der Waals surface area contributed by atoms with Gasteiger partial charge in [-0.3, -0.25) is 4.84 Å². The minimum Gasteiger partial charge on any atom is -0.277 e. The molecule has 0 amide bonds. The fourth-order valence-electron chi connectivity index (χ4n) is 0.425. The predicted octanol–water partition coefficient (Wildman–Crippen LogP) is 0.820. The summed E-state index contributed by atoms with van der Waals surface area (Å²) in [6.45, 7) is 1.89. The van der Waals surface area contributed by atoms with Crippen LogP contribution < -0.4 is 5.48 Å². The van der Waals surface area contributed by atoms with Gasteiger partial charge in [-0.1, -0.05) is 11.3 Å². The molecule has 0 aliphatic carbocycles. The lowest BCUT2D eigenvalue weighted by atomic mass is 10.9. The maximum atomic E-state index is 4.60. The smallest absolute Gasteiger partial charge is 0.229 e. The summed E-state index contributed by atoms with van der Waals surface area (Å²) >= 11 is 1.45. The molecule has 0 aliphatic heterocycles. The molecule has 0 saturated heterocycles. The summed E-state index contributed by atoms with van der Waals surface area (Å²) in [5.74, 6) is 0. The molecule has 5 heteroatoms. The topological polar surface area (TPSA) is 47.0 Å². The molecule has 0 saturated carbocycles. The molecule has 1 heterocycles. The van der Waals surface area contributed by atoms with Crippen LogP contribution in [0.3, 0.4) is 0 Å². The highest BCUT2D eigenvalue weighted by molar-refractivity contribution is 7.15. The van der Waals surface area contributed by atoms with E-state index in [2.05, 4.69) is 20.5 Å². The second-order valence-electron chi connectivity index (χ2n) is 1.43. The van der Waals surface area contributed by atoms with Crippen molar-refractivity contribution in [2.24, 2.45) is 0 Å². The Bertz CT molecular complexity index is 188. The second-order valence-corrected chi connectivity index (χ2v) is 2.61. The van der Waals surface area contributed by atoms with Crippen LogP contribution in [0.4, 0.5) is 5.13 Å². The summed E-state index contributed by atoms with van der Waals surface area (Å²) in [5.41, 5.74) is 2.57. The largest absolute Gasteiger partial charge is 0.277 e. The van der Waals surface area contributed by atoms with Gasteiger partial charge in [-0.05, 0) is 6.92 Å². The first-order valence-corrected chi connectivity index (χ1v) is 3.23. The van der Waals surface area contributed by atoms with Gasteiger partial charge in [0.05, 0.1) is 7.11 Å². The SMILES string of the molecule is CONc1nnc(C)s1. The molecule has 0 atom stereocenters. The second kappa shape index (κ2) is 2.75. The van der Waals surface area contributed by atoms with Gasteiger partial charge < -0.3 is 0 Å². The summed E-state index contributed by atoms with van der Waals surface area (Å²) in [7, 11) is 1.54. The average Bonchev–Trinajstić information content (AvgIpc) is 2.17. The van der Waals surface area contributed by atoms with Crippen molar-refractivity contribution in [3.05, 3.63) is 5.01 Å². The third-order valence-electron chi connectivity index (χ3n) is 0.715. The molecule has 1 aromatic heterocycles. The van der Waals surface area contributed by atoms with E-state index in [0.29, 0.717) is 5.13 Å². The fraction of sp³-hybridized carbons (Fsp3) is 0.500. The lowest BCUT2D eigenvalue weighted by molar-refractivity contribution is 0.270. The van der Waals surface area contributed by atoms with Crippen molar-refractivity contribution >= 4 is 16.5 Å². The number of aromatic nitrogens is 2. The van der Waals surface area contributed by atoms with E-state index in [9.17, 15) is 0 Å². The lowest BCUT2D eigenvalue weighted by Gasteiger charge is -1.91. The van der Waals surface area contributed by atoms with Gasteiger partial charge in [0, 0.05) is 0 Å². The van der Waals surface area contributed by atoms with Gasteiger partial charge in [0.2, 0.25) is 5.13 Å². The lowest BCUT2D eigenvalue weighted by Crippen LogP contribution is -1.93. The Morgan fingerprint density at radius 2 is 2.33 bits per heavy atom. The van der Waals surface area contributed by atoms with Crippen molar-refractivity contribution in [1.82, 2.24) is 10.2 Å². The molecule has 1 rings (SSSR count). The molecule has 1 N–H and O–H groups in total. The van der Waals surface area contributed by atoms with Crippen LogP contribution in [0, 0.1) is 6.92 Å². The van der Waals surface area contributed by atoms with E-state index in [1.807, 2.05) is 6.92 Å². The van der Waals surface area contributed by atoms with Gasteiger partial charge in [-0.2, -0.15) is 0 Å². The molecular formula is C4H7N3OS. The summed E-state index contributed by atoms with van der Waals surface area (Å²) in [5, 5.41) is 9.11. The van der Waals surface area contributed by atoms with Crippen LogP contribution in [0.25, 0.3) is 0 Å². The van der Waals surface area contributed by atoms with Gasteiger partial charge in [0.15, 0.2) is 0 Å². The zero-order valence-electron chi connectivity index (χ0n) is 5.21. The van der Waals surface area contributed by atoms with Crippen LogP contribution in [0.2, 0.25) is 0 Å². The van der Waals surface area contributed by atoms with Crippen molar-refractivity contribution in [3.8, 4) is 0 Å². The monoisotopic (exact) mass is 145 g/mol. The van der Waals surface area contributed by atoms with Crippen molar-refractivity contribution in [2.75, 3.05) is 12.6 Å². The maximum Gasteiger partial charge on any atom is 0.229 e. The molecule has 4 nitrogen and oxygen atoms in total. The first kappa shape index (κ1) is 6.44. The Balaban J connectivity index is 2.61. The fourth-order valence-corrected chi connectivity index (χ4v) is 0.993. The minimum absolute atomic E-state index is 0.690. The number of nitrogens with one attached hydrogen (secondary N) is 1. The van der Waals surface area contributed by atoms with E-state index in [0.717, 1.165) is 5.01 Å². The first-order valence-electron chi connectivity index (χ1n) is 2.42. The van der Waals surface area contributed by atoms with Crippen LogP contribution in [-0.2, 0) is 4.84 Å². The highest BCUT2D eigenvalue weighted by atomic mass is 32.1. The standard InChI is InChI=1S/C4H7N3OS/c1-3-5-6-4(9-3)7-8-2/h1-2H3,(H,6,7). The van der Waals surface area contributed by atoms with Crippen molar-refractivity contribution in [2.45, 2.75) is 6.92 Å². The number of hydrogen-bond donors (Lipinski definition) is 1. The summed E-state index contributed by atoms with van der Waals surface area (Å²) in [6.07, 6.45) is 0. The van der Waals surface area contributed by atoms with Gasteiger partial charge in [0.25, 0.3) is 0 Å². The Morgan fingerprint density at radius 3 is 2.78 bits per heavy atom. The molecule has 0 bridgehead atoms. The van der Waals surface area contributed by atoms with E-state index < -0.39 is 0 Å². The Kier molecular flexibility index (Phi) is 1.96. The van der Waals surface area contributed by atoms with Gasteiger partial charge in [-0.15, -0.1) is 10.2 Å². The molecule has 0 spiro atoms. The van der Waals surface area contributed by atoms with Crippen molar-refractivity contribution in [1.29, 1.82) is 0 Å². The molecule has 0 fully saturated rings. The average molecular weight is 145 g/mol. The van der Waals surface area contributed by atoms with Crippen molar-refractivity contribution in [3.63, 3.8) is 0 Å². The van der Waals surface area contributed by atoms with Crippen LogP contribution in [0.5, 0.6) is 0 Å². The summed E-state index contributed by atoms with van der Waals surface area (Å²) < 4.78 is 0. The quantitative estimate of drug-likeness (QED) is 0.626. The molecule has 0 unspecified atom stereocenters. The molecule has 50 valence electrons. The number of anilines is 1.